The number of ether oxygens (including phenoxy) is 1. The number of nitrogens with one attached hydrogen (secondary N) is 1. The molecule has 144 valence electrons. The minimum Gasteiger partial charge on any atom is -0.462 e. The van der Waals surface area contributed by atoms with Gasteiger partial charge in [0.1, 0.15) is 14.7 Å². The largest absolute Gasteiger partial charge is 0.462 e. The molecule has 0 saturated heterocycles. The van der Waals surface area contributed by atoms with Gasteiger partial charge in [-0.1, -0.05) is 25.2 Å². The monoisotopic (exact) mass is 413 g/mol. The number of carbonyl (C=O) groups excluding carboxylic acids is 2. The lowest BCUT2D eigenvalue weighted by atomic mass is 10.1. The molecule has 0 aliphatic heterocycles. The van der Waals surface area contributed by atoms with E-state index in [1.54, 1.807) is 6.92 Å². The number of amides is 1. The van der Waals surface area contributed by atoms with Crippen molar-refractivity contribution in [3.63, 3.8) is 0 Å². The molecule has 1 aromatic heterocycles. The summed E-state index contributed by atoms with van der Waals surface area (Å²) < 4.78 is 27.2. The summed E-state index contributed by atoms with van der Waals surface area (Å²) in [6.45, 7) is 5.70. The van der Waals surface area contributed by atoms with Crippen LogP contribution >= 0.6 is 23.7 Å². The Kier molecular flexibility index (Phi) is 9.55. The quantitative estimate of drug-likeness (QED) is 0.618. The number of anilines is 1. The van der Waals surface area contributed by atoms with Crippen LogP contribution in [0.1, 0.15) is 48.5 Å². The summed E-state index contributed by atoms with van der Waals surface area (Å²) in [7, 11) is -3.19. The van der Waals surface area contributed by atoms with Crippen LogP contribution in [0.4, 0.5) is 5.13 Å². The third-order valence-electron chi connectivity index (χ3n) is 3.03. The fourth-order valence-electron chi connectivity index (χ4n) is 1.79. The van der Waals surface area contributed by atoms with Gasteiger partial charge in [-0.25, -0.2) is 18.2 Å². The van der Waals surface area contributed by atoms with E-state index < -0.39 is 27.8 Å². The average Bonchev–Trinajstić information content (AvgIpc) is 2.88. The SMILES string of the molecule is CCOC(=O)c1sc(NC(=O)C(N)CCS(C)(=O)=O)nc1C(C)C.Cl. The number of aromatic nitrogens is 1. The second-order valence-electron chi connectivity index (χ2n) is 5.62. The van der Waals surface area contributed by atoms with Crippen LogP contribution in [0.15, 0.2) is 0 Å². The standard InChI is InChI=1S/C14H23N3O5S2.ClH/c1-5-22-13(19)11-10(8(2)3)16-14(23-11)17-12(18)9(15)6-7-24(4,20)21;/h8-9H,5-7,15H2,1-4H3,(H,16,17,18);1H. The number of nitrogens with zero attached hydrogens (tertiary/aromatic N) is 1. The zero-order valence-corrected chi connectivity index (χ0v) is 17.0. The summed E-state index contributed by atoms with van der Waals surface area (Å²) in [5, 5.41) is 2.77. The van der Waals surface area contributed by atoms with E-state index in [0.29, 0.717) is 10.6 Å². The molecule has 0 spiro atoms. The molecule has 8 nitrogen and oxygen atoms in total. The van der Waals surface area contributed by atoms with Crippen molar-refractivity contribution in [1.82, 2.24) is 4.98 Å². The first-order chi connectivity index (χ1) is 11.0. The van der Waals surface area contributed by atoms with Gasteiger partial charge in [-0.15, -0.1) is 12.4 Å². The van der Waals surface area contributed by atoms with Gasteiger partial charge in [0, 0.05) is 6.26 Å². The van der Waals surface area contributed by atoms with E-state index >= 15 is 0 Å². The molecule has 0 bridgehead atoms. The molecule has 0 aromatic carbocycles. The highest BCUT2D eigenvalue weighted by molar-refractivity contribution is 7.90. The number of hydrogen-bond acceptors (Lipinski definition) is 8. The van der Waals surface area contributed by atoms with Crippen LogP contribution in [-0.4, -0.2) is 49.9 Å². The molecular weight excluding hydrogens is 390 g/mol. The first kappa shape index (κ1) is 23.8. The lowest BCUT2D eigenvalue weighted by Gasteiger charge is -2.09. The summed E-state index contributed by atoms with van der Waals surface area (Å²) in [6, 6.07) is -0.975. The molecule has 1 heterocycles. The van der Waals surface area contributed by atoms with E-state index in [1.165, 1.54) is 0 Å². The molecule has 0 fully saturated rings. The molecule has 25 heavy (non-hydrogen) atoms. The van der Waals surface area contributed by atoms with E-state index in [2.05, 4.69) is 10.3 Å². The van der Waals surface area contributed by atoms with Crippen molar-refractivity contribution < 1.29 is 22.7 Å². The summed E-state index contributed by atoms with van der Waals surface area (Å²) in [6.07, 6.45) is 1.09. The van der Waals surface area contributed by atoms with Gasteiger partial charge in [-0.05, 0) is 19.3 Å². The van der Waals surface area contributed by atoms with E-state index in [1.807, 2.05) is 13.8 Å². The van der Waals surface area contributed by atoms with Gasteiger partial charge < -0.3 is 15.8 Å². The zero-order valence-electron chi connectivity index (χ0n) is 14.6. The van der Waals surface area contributed by atoms with Gasteiger partial charge in [0.2, 0.25) is 5.91 Å². The van der Waals surface area contributed by atoms with Gasteiger partial charge in [0.05, 0.1) is 24.1 Å². The van der Waals surface area contributed by atoms with Crippen LogP contribution in [0.2, 0.25) is 0 Å². The predicted octanol–water partition coefficient (Wildman–Crippen LogP) is 1.57. The normalized spacial score (nSPS) is 12.4. The number of sulfone groups is 1. The Labute approximate surface area is 157 Å². The molecule has 0 saturated carbocycles. The lowest BCUT2D eigenvalue weighted by Crippen LogP contribution is -2.37. The molecular formula is C14H24ClN3O5S2. The number of esters is 1. The summed E-state index contributed by atoms with van der Waals surface area (Å²) in [5.41, 5.74) is 6.23. The highest BCUT2D eigenvalue weighted by Gasteiger charge is 2.23. The number of hydrogen-bond donors (Lipinski definition) is 2. The van der Waals surface area contributed by atoms with Gasteiger partial charge in [-0.3, -0.25) is 4.79 Å². The second kappa shape index (κ2) is 10.0. The van der Waals surface area contributed by atoms with Crippen LogP contribution in [0.25, 0.3) is 0 Å². The third kappa shape index (κ3) is 7.68. The average molecular weight is 414 g/mol. The first-order valence-corrected chi connectivity index (χ1v) is 10.3. The number of rotatable bonds is 8. The summed E-state index contributed by atoms with van der Waals surface area (Å²) in [4.78, 5) is 28.6. The fraction of sp³-hybridized carbons (Fsp3) is 0.643. The fourth-order valence-corrected chi connectivity index (χ4v) is 3.49. The maximum atomic E-state index is 12.0. The van der Waals surface area contributed by atoms with Crippen LogP contribution < -0.4 is 11.1 Å². The van der Waals surface area contributed by atoms with Crippen molar-refractivity contribution in [3.8, 4) is 0 Å². The highest BCUT2D eigenvalue weighted by atomic mass is 35.5. The van der Waals surface area contributed by atoms with Gasteiger partial charge in [0.15, 0.2) is 5.13 Å². The Bertz CT molecular complexity index is 703. The van der Waals surface area contributed by atoms with E-state index in [9.17, 15) is 18.0 Å². The Morgan fingerprint density at radius 2 is 1.96 bits per heavy atom. The van der Waals surface area contributed by atoms with Crippen molar-refractivity contribution in [2.75, 3.05) is 23.9 Å². The molecule has 1 rings (SSSR count). The van der Waals surface area contributed by atoms with Crippen molar-refractivity contribution >= 4 is 50.6 Å². The molecule has 0 aliphatic rings. The highest BCUT2D eigenvalue weighted by Crippen LogP contribution is 2.29. The number of nitrogens with two attached hydrogens (primary N) is 1. The Morgan fingerprint density at radius 3 is 2.44 bits per heavy atom. The maximum Gasteiger partial charge on any atom is 0.350 e. The molecule has 1 unspecified atom stereocenters. The van der Waals surface area contributed by atoms with Gasteiger partial charge in [0.25, 0.3) is 0 Å². The Morgan fingerprint density at radius 1 is 1.36 bits per heavy atom. The number of thiazole rings is 1. The number of halogens is 1. The molecule has 1 aromatic rings. The second-order valence-corrected chi connectivity index (χ2v) is 8.88. The molecule has 1 atom stereocenters. The summed E-state index contributed by atoms with van der Waals surface area (Å²) in [5.74, 6) is -1.23. The molecule has 3 N–H and O–H groups in total. The molecule has 0 aliphatic carbocycles. The molecule has 0 radical (unpaired) electrons. The van der Waals surface area contributed by atoms with E-state index in [-0.39, 0.29) is 42.2 Å². The smallest absolute Gasteiger partial charge is 0.350 e. The summed E-state index contributed by atoms with van der Waals surface area (Å²) >= 11 is 1.01. The molecule has 11 heteroatoms. The van der Waals surface area contributed by atoms with Crippen molar-refractivity contribution in [3.05, 3.63) is 10.6 Å². The van der Waals surface area contributed by atoms with Crippen LogP contribution in [-0.2, 0) is 19.4 Å². The van der Waals surface area contributed by atoms with E-state index in [0.717, 1.165) is 17.6 Å². The molecule has 1 amide bonds. The van der Waals surface area contributed by atoms with Crippen LogP contribution in [0, 0.1) is 0 Å². The van der Waals surface area contributed by atoms with Crippen molar-refractivity contribution in [2.45, 2.75) is 39.2 Å². The lowest BCUT2D eigenvalue weighted by molar-refractivity contribution is -0.117. The van der Waals surface area contributed by atoms with E-state index in [4.69, 9.17) is 10.5 Å². The number of carbonyl (C=O) groups is 2. The minimum absolute atomic E-state index is 0. The van der Waals surface area contributed by atoms with Gasteiger partial charge in [-0.2, -0.15) is 0 Å². The zero-order chi connectivity index (χ0) is 18.5. The topological polar surface area (TPSA) is 128 Å². The first-order valence-electron chi connectivity index (χ1n) is 7.47. The minimum atomic E-state index is -3.19. The van der Waals surface area contributed by atoms with Crippen molar-refractivity contribution in [1.29, 1.82) is 0 Å². The Hall–Kier alpha value is -1.23. The van der Waals surface area contributed by atoms with Crippen LogP contribution in [0.5, 0.6) is 0 Å². The Balaban J connectivity index is 0.00000576. The maximum absolute atomic E-state index is 12.0. The van der Waals surface area contributed by atoms with Crippen LogP contribution in [0.3, 0.4) is 0 Å². The third-order valence-corrected chi connectivity index (χ3v) is 4.97. The van der Waals surface area contributed by atoms with Crippen molar-refractivity contribution in [2.24, 2.45) is 5.73 Å². The van der Waals surface area contributed by atoms with Gasteiger partial charge >= 0.3 is 5.97 Å². The predicted molar refractivity (Wildman–Crippen MR) is 100 cm³/mol.